The molecule has 0 radical (unpaired) electrons. The average Bonchev–Trinajstić information content (AvgIpc) is 2.29. The van der Waals surface area contributed by atoms with Crippen LogP contribution >= 0.6 is 24.0 Å². The number of ether oxygens (including phenoxy) is 2. The molecule has 1 aromatic carbocycles. The van der Waals surface area contributed by atoms with Gasteiger partial charge < -0.3 is 26.7 Å². The number of rotatable bonds is 3. The maximum absolute atomic E-state index is 5.95. The Bertz CT molecular complexity index is 501. The highest BCUT2D eigenvalue weighted by Gasteiger charge is 2.09. The molecule has 9 heteroatoms. The van der Waals surface area contributed by atoms with E-state index in [1.165, 1.54) is 14.2 Å². The molecule has 1 rings (SSSR count). The molecule has 7 nitrogen and oxygen atoms in total. The lowest BCUT2D eigenvalue weighted by Gasteiger charge is -2.09. The van der Waals surface area contributed by atoms with Crippen LogP contribution < -0.4 is 26.7 Å². The van der Waals surface area contributed by atoms with Gasteiger partial charge >= 0.3 is 0 Å². The zero-order valence-corrected chi connectivity index (χ0v) is 12.0. The van der Waals surface area contributed by atoms with E-state index < -0.39 is 0 Å². The lowest BCUT2D eigenvalue weighted by molar-refractivity contribution is 0.404. The van der Waals surface area contributed by atoms with Crippen molar-refractivity contribution in [3.8, 4) is 11.5 Å². The third kappa shape index (κ3) is 4.72. The summed E-state index contributed by atoms with van der Waals surface area (Å²) in [6, 6.07) is 3.12. The Kier molecular flexibility index (Phi) is 6.81. The van der Waals surface area contributed by atoms with Crippen LogP contribution in [0.2, 0.25) is 5.02 Å². The van der Waals surface area contributed by atoms with E-state index in [1.807, 2.05) is 0 Å². The zero-order chi connectivity index (χ0) is 13.7. The van der Waals surface area contributed by atoms with Gasteiger partial charge in [-0.15, -0.1) is 12.4 Å². The van der Waals surface area contributed by atoms with Gasteiger partial charge in [-0.1, -0.05) is 11.6 Å². The third-order valence-corrected chi connectivity index (χ3v) is 2.23. The Hall–Kier alpha value is -1.86. The van der Waals surface area contributed by atoms with Gasteiger partial charge in [0.25, 0.3) is 0 Å². The maximum atomic E-state index is 5.95. The summed E-state index contributed by atoms with van der Waals surface area (Å²) in [7, 11) is 2.97. The van der Waals surface area contributed by atoms with Crippen LogP contribution in [-0.4, -0.2) is 26.1 Å². The van der Waals surface area contributed by atoms with Crippen molar-refractivity contribution in [2.75, 3.05) is 14.2 Å². The summed E-state index contributed by atoms with van der Waals surface area (Å²) in [4.78, 5) is 7.60. The largest absolute Gasteiger partial charge is 0.495 e. The molecule has 19 heavy (non-hydrogen) atoms. The average molecular weight is 308 g/mol. The van der Waals surface area contributed by atoms with Gasteiger partial charge in [0, 0.05) is 12.1 Å². The molecule has 0 saturated heterocycles. The first-order chi connectivity index (χ1) is 8.47. The fourth-order valence-electron chi connectivity index (χ4n) is 1.21. The molecule has 0 saturated carbocycles. The Labute approximate surface area is 121 Å². The van der Waals surface area contributed by atoms with E-state index in [0.29, 0.717) is 22.2 Å². The van der Waals surface area contributed by atoms with E-state index in [-0.39, 0.29) is 24.3 Å². The van der Waals surface area contributed by atoms with Crippen molar-refractivity contribution in [2.24, 2.45) is 27.2 Å². The van der Waals surface area contributed by atoms with Crippen LogP contribution in [0.5, 0.6) is 11.5 Å². The van der Waals surface area contributed by atoms with Crippen molar-refractivity contribution in [1.29, 1.82) is 0 Å². The lowest BCUT2D eigenvalue weighted by Crippen LogP contribution is -2.26. The SMILES string of the molecule is COc1cc(N=C(N)N=C(N)N)c(OC)cc1Cl.Cl. The topological polar surface area (TPSA) is 121 Å². The first-order valence-electron chi connectivity index (χ1n) is 4.83. The van der Waals surface area contributed by atoms with Crippen molar-refractivity contribution in [2.45, 2.75) is 0 Å². The second-order valence-electron chi connectivity index (χ2n) is 3.17. The van der Waals surface area contributed by atoms with E-state index in [0.717, 1.165) is 0 Å². The molecule has 0 heterocycles. The van der Waals surface area contributed by atoms with Gasteiger partial charge in [0.15, 0.2) is 5.96 Å². The highest BCUT2D eigenvalue weighted by Crippen LogP contribution is 2.37. The summed E-state index contributed by atoms with van der Waals surface area (Å²) < 4.78 is 10.2. The summed E-state index contributed by atoms with van der Waals surface area (Å²) in [5.41, 5.74) is 16.3. The number of hydrogen-bond acceptors (Lipinski definition) is 3. The number of hydrogen-bond donors (Lipinski definition) is 3. The van der Waals surface area contributed by atoms with Crippen molar-refractivity contribution >= 4 is 41.6 Å². The van der Waals surface area contributed by atoms with Crippen LogP contribution in [-0.2, 0) is 0 Å². The van der Waals surface area contributed by atoms with Gasteiger partial charge in [-0.3, -0.25) is 0 Å². The number of aliphatic imine (C=N–C) groups is 2. The summed E-state index contributed by atoms with van der Waals surface area (Å²) in [5, 5.41) is 0.397. The number of nitrogens with zero attached hydrogens (tertiary/aromatic N) is 2. The van der Waals surface area contributed by atoms with E-state index in [9.17, 15) is 0 Å². The molecule has 0 aromatic heterocycles. The Balaban J connectivity index is 0.00000324. The number of nitrogens with two attached hydrogens (primary N) is 3. The molecule has 0 aliphatic rings. The molecule has 1 aromatic rings. The third-order valence-electron chi connectivity index (χ3n) is 1.93. The number of halogens is 2. The van der Waals surface area contributed by atoms with Crippen LogP contribution in [0.25, 0.3) is 0 Å². The van der Waals surface area contributed by atoms with Crippen molar-refractivity contribution in [3.63, 3.8) is 0 Å². The molecule has 0 unspecified atom stereocenters. The second kappa shape index (κ2) is 7.55. The molecular formula is C10H15Cl2N5O2. The van der Waals surface area contributed by atoms with Crippen LogP contribution in [0.1, 0.15) is 0 Å². The molecule has 0 fully saturated rings. The summed E-state index contributed by atoms with van der Waals surface area (Å²) in [6.07, 6.45) is 0. The van der Waals surface area contributed by atoms with Gasteiger partial charge in [-0.2, -0.15) is 4.99 Å². The van der Waals surface area contributed by atoms with Crippen molar-refractivity contribution < 1.29 is 9.47 Å². The van der Waals surface area contributed by atoms with Crippen molar-refractivity contribution in [3.05, 3.63) is 17.2 Å². The molecule has 0 bridgehead atoms. The van der Waals surface area contributed by atoms with E-state index in [2.05, 4.69) is 9.98 Å². The molecule has 0 aliphatic heterocycles. The van der Waals surface area contributed by atoms with E-state index in [4.69, 9.17) is 38.3 Å². The highest BCUT2D eigenvalue weighted by atomic mass is 35.5. The van der Waals surface area contributed by atoms with Crippen LogP contribution in [0.3, 0.4) is 0 Å². The minimum Gasteiger partial charge on any atom is -0.495 e. The standard InChI is InChI=1S/C10H14ClN5O2.ClH/c1-17-7-4-6(8(18-2)3-5(7)11)15-10(14)16-9(12)13;/h3-4H,1-2H3,(H6,12,13,14,15,16);1H. The Morgan fingerprint density at radius 1 is 1.11 bits per heavy atom. The predicted octanol–water partition coefficient (Wildman–Crippen LogP) is 0.999. The first-order valence-corrected chi connectivity index (χ1v) is 5.21. The molecule has 0 atom stereocenters. The number of methoxy groups -OCH3 is 2. The van der Waals surface area contributed by atoms with Gasteiger partial charge in [0.1, 0.15) is 17.2 Å². The minimum atomic E-state index is -0.184. The fourth-order valence-corrected chi connectivity index (χ4v) is 1.44. The quantitative estimate of drug-likeness (QED) is 0.568. The summed E-state index contributed by atoms with van der Waals surface area (Å²) in [6.45, 7) is 0. The van der Waals surface area contributed by atoms with Crippen molar-refractivity contribution in [1.82, 2.24) is 0 Å². The van der Waals surface area contributed by atoms with Crippen LogP contribution in [0.4, 0.5) is 5.69 Å². The first kappa shape index (κ1) is 17.1. The highest BCUT2D eigenvalue weighted by molar-refractivity contribution is 6.32. The normalized spacial score (nSPS) is 10.4. The summed E-state index contributed by atoms with van der Waals surface area (Å²) in [5.74, 6) is 0.581. The monoisotopic (exact) mass is 307 g/mol. The van der Waals surface area contributed by atoms with E-state index >= 15 is 0 Å². The summed E-state index contributed by atoms with van der Waals surface area (Å²) >= 11 is 5.95. The molecule has 6 N–H and O–H groups in total. The number of benzene rings is 1. The maximum Gasteiger partial charge on any atom is 0.223 e. The van der Waals surface area contributed by atoms with Gasteiger partial charge in [-0.25, -0.2) is 4.99 Å². The second-order valence-corrected chi connectivity index (χ2v) is 3.57. The fraction of sp³-hybridized carbons (Fsp3) is 0.200. The predicted molar refractivity (Wildman–Crippen MR) is 78.9 cm³/mol. The van der Waals surface area contributed by atoms with Gasteiger partial charge in [0.05, 0.1) is 19.2 Å². The molecule has 0 amide bonds. The smallest absolute Gasteiger partial charge is 0.223 e. The zero-order valence-electron chi connectivity index (χ0n) is 10.4. The molecule has 0 spiro atoms. The van der Waals surface area contributed by atoms with Crippen LogP contribution in [0.15, 0.2) is 22.1 Å². The molecule has 106 valence electrons. The Morgan fingerprint density at radius 3 is 2.16 bits per heavy atom. The van der Waals surface area contributed by atoms with Gasteiger partial charge in [-0.05, 0) is 0 Å². The minimum absolute atomic E-state index is 0. The molecular weight excluding hydrogens is 293 g/mol. The van der Waals surface area contributed by atoms with E-state index in [1.54, 1.807) is 12.1 Å². The lowest BCUT2D eigenvalue weighted by atomic mass is 10.2. The molecule has 0 aliphatic carbocycles. The Morgan fingerprint density at radius 2 is 1.68 bits per heavy atom. The van der Waals surface area contributed by atoms with Crippen LogP contribution in [0, 0.1) is 0 Å². The number of guanidine groups is 2. The van der Waals surface area contributed by atoms with Gasteiger partial charge in [0.2, 0.25) is 5.96 Å².